The van der Waals surface area contributed by atoms with Crippen molar-refractivity contribution in [3.05, 3.63) is 63.1 Å². The summed E-state index contributed by atoms with van der Waals surface area (Å²) in [5.74, 6) is 0.609. The van der Waals surface area contributed by atoms with E-state index in [1.54, 1.807) is 23.7 Å². The highest BCUT2D eigenvalue weighted by molar-refractivity contribution is 8.14. The maximum absolute atomic E-state index is 12.9. The lowest BCUT2D eigenvalue weighted by atomic mass is 10.2. The lowest BCUT2D eigenvalue weighted by Gasteiger charge is -2.16. The van der Waals surface area contributed by atoms with Crippen LogP contribution >= 0.6 is 11.8 Å². The van der Waals surface area contributed by atoms with Gasteiger partial charge in [-0.2, -0.15) is 0 Å². The van der Waals surface area contributed by atoms with Gasteiger partial charge < -0.3 is 4.57 Å². The summed E-state index contributed by atoms with van der Waals surface area (Å²) in [5, 5.41) is 0.684. The van der Waals surface area contributed by atoms with Crippen molar-refractivity contribution in [1.29, 1.82) is 0 Å². The van der Waals surface area contributed by atoms with Gasteiger partial charge in [-0.1, -0.05) is 42.1 Å². The summed E-state index contributed by atoms with van der Waals surface area (Å²) < 4.78 is 3.82. The molecule has 3 aromatic rings. The van der Waals surface area contributed by atoms with E-state index in [-0.39, 0.29) is 23.6 Å². The molecule has 1 amide bonds. The molecule has 2 aromatic heterocycles. The Morgan fingerprint density at radius 3 is 2.69 bits per heavy atom. The average molecular weight is 412 g/mol. The van der Waals surface area contributed by atoms with Gasteiger partial charge in [0.2, 0.25) is 5.91 Å². The van der Waals surface area contributed by atoms with Crippen molar-refractivity contribution in [1.82, 2.24) is 23.6 Å². The van der Waals surface area contributed by atoms with Crippen LogP contribution in [0.2, 0.25) is 0 Å². The van der Waals surface area contributed by atoms with Crippen LogP contribution in [0.15, 0.2) is 51.2 Å². The number of fused-ring (bicyclic) bond motifs is 1. The Labute approximate surface area is 170 Å². The van der Waals surface area contributed by atoms with Crippen LogP contribution in [0.5, 0.6) is 0 Å². The molecule has 0 spiro atoms. The van der Waals surface area contributed by atoms with Gasteiger partial charge in [0.1, 0.15) is 6.54 Å². The van der Waals surface area contributed by atoms with Gasteiger partial charge in [-0.25, -0.2) is 9.78 Å². The maximum Gasteiger partial charge on any atom is 0.332 e. The molecule has 0 N–H and O–H groups in total. The zero-order valence-corrected chi connectivity index (χ0v) is 16.9. The number of nitrogens with zero attached hydrogens (tertiary/aromatic N) is 6. The van der Waals surface area contributed by atoms with Crippen LogP contribution in [0.3, 0.4) is 0 Å². The van der Waals surface area contributed by atoms with E-state index in [0.29, 0.717) is 18.3 Å². The lowest BCUT2D eigenvalue weighted by molar-refractivity contribution is -0.127. The third-order valence-electron chi connectivity index (χ3n) is 4.84. The number of aromatic nitrogens is 4. The third kappa shape index (κ3) is 3.51. The molecule has 10 heteroatoms. The molecule has 0 aliphatic carbocycles. The van der Waals surface area contributed by atoms with Gasteiger partial charge in [-0.15, -0.1) is 0 Å². The average Bonchev–Trinajstić information content (AvgIpc) is 3.37. The van der Waals surface area contributed by atoms with Crippen molar-refractivity contribution < 1.29 is 4.79 Å². The first-order valence-corrected chi connectivity index (χ1v) is 10.1. The summed E-state index contributed by atoms with van der Waals surface area (Å²) in [6.07, 6.45) is 1.42. The van der Waals surface area contributed by atoms with E-state index in [2.05, 4.69) is 9.98 Å². The molecule has 1 fully saturated rings. The molecule has 29 heavy (non-hydrogen) atoms. The Balaban J connectivity index is 1.59. The molecule has 0 unspecified atom stereocenters. The number of amidine groups is 1. The van der Waals surface area contributed by atoms with Gasteiger partial charge in [-0.05, 0) is 5.56 Å². The predicted molar refractivity (Wildman–Crippen MR) is 112 cm³/mol. The molecule has 4 rings (SSSR count). The van der Waals surface area contributed by atoms with E-state index in [4.69, 9.17) is 0 Å². The summed E-state index contributed by atoms with van der Waals surface area (Å²) in [4.78, 5) is 47.9. The highest BCUT2D eigenvalue weighted by Gasteiger charge is 2.26. The number of carbonyl (C=O) groups is 1. The largest absolute Gasteiger partial charge is 0.332 e. The fraction of sp³-hybridized carbons (Fsp3) is 0.316. The number of aryl methyl sites for hydroxylation is 1. The molecule has 0 radical (unpaired) electrons. The number of carbonyl (C=O) groups excluding carboxylic acids is 1. The topological polar surface area (TPSA) is 94.5 Å². The van der Waals surface area contributed by atoms with Crippen LogP contribution in [-0.4, -0.2) is 47.0 Å². The molecule has 0 atom stereocenters. The Kier molecular flexibility index (Phi) is 5.10. The molecule has 9 nitrogen and oxygen atoms in total. The Morgan fingerprint density at radius 2 is 1.93 bits per heavy atom. The lowest BCUT2D eigenvalue weighted by Crippen LogP contribution is -2.38. The molecule has 150 valence electrons. The molecule has 0 saturated carbocycles. The van der Waals surface area contributed by atoms with Crippen LogP contribution < -0.4 is 11.2 Å². The number of imidazole rings is 1. The minimum absolute atomic E-state index is 0.0468. The number of aliphatic imine (C=N–C) groups is 1. The standard InChI is InChI=1S/C19H20N6O3S/c1-22-16-15(17(27)23(2)19(22)28)24(12-21-16)11-14(26)25-8-9-29-18(25)20-10-13-6-4-3-5-7-13/h3-7,12H,8-11H2,1-2H3. The van der Waals surface area contributed by atoms with E-state index in [1.807, 2.05) is 30.3 Å². The predicted octanol–water partition coefficient (Wildman–Crippen LogP) is 0.565. The molecule has 1 aliphatic rings. The van der Waals surface area contributed by atoms with Crippen molar-refractivity contribution in [2.24, 2.45) is 19.1 Å². The second-order valence-corrected chi connectivity index (χ2v) is 7.79. The Hall–Kier alpha value is -3.14. The van der Waals surface area contributed by atoms with Crippen LogP contribution in [0, 0.1) is 0 Å². The number of thioether (sulfide) groups is 1. The molecular formula is C19H20N6O3S. The fourth-order valence-corrected chi connectivity index (χ4v) is 4.22. The summed E-state index contributed by atoms with van der Waals surface area (Å²) in [6.45, 7) is 1.03. The highest BCUT2D eigenvalue weighted by atomic mass is 32.2. The smallest absolute Gasteiger partial charge is 0.315 e. The number of rotatable bonds is 4. The monoisotopic (exact) mass is 412 g/mol. The zero-order valence-electron chi connectivity index (χ0n) is 16.1. The van der Waals surface area contributed by atoms with Crippen LogP contribution in [0.25, 0.3) is 11.2 Å². The van der Waals surface area contributed by atoms with Crippen LogP contribution in [-0.2, 0) is 32.0 Å². The van der Waals surface area contributed by atoms with Gasteiger partial charge in [0.05, 0.1) is 12.9 Å². The van der Waals surface area contributed by atoms with Crippen LogP contribution in [0.4, 0.5) is 0 Å². The van der Waals surface area contributed by atoms with E-state index < -0.39 is 11.2 Å². The van der Waals surface area contributed by atoms with E-state index >= 15 is 0 Å². The maximum atomic E-state index is 12.9. The van der Waals surface area contributed by atoms with Crippen molar-refractivity contribution in [3.63, 3.8) is 0 Å². The number of hydrogen-bond donors (Lipinski definition) is 0. The van der Waals surface area contributed by atoms with Crippen molar-refractivity contribution in [3.8, 4) is 0 Å². The van der Waals surface area contributed by atoms with Crippen LogP contribution in [0.1, 0.15) is 5.56 Å². The normalized spacial score (nSPS) is 15.5. The minimum atomic E-state index is -0.470. The molecule has 0 bridgehead atoms. The first kappa shape index (κ1) is 19.2. The van der Waals surface area contributed by atoms with Gasteiger partial charge in [0.25, 0.3) is 5.56 Å². The molecule has 3 heterocycles. The number of amides is 1. The molecular weight excluding hydrogens is 392 g/mol. The van der Waals surface area contributed by atoms with E-state index in [0.717, 1.165) is 15.9 Å². The van der Waals surface area contributed by atoms with Gasteiger partial charge >= 0.3 is 5.69 Å². The number of hydrogen-bond acceptors (Lipinski definition) is 6. The fourth-order valence-electron chi connectivity index (χ4n) is 3.25. The van der Waals surface area contributed by atoms with Crippen molar-refractivity contribution >= 4 is 34.0 Å². The van der Waals surface area contributed by atoms with Gasteiger partial charge in [-0.3, -0.25) is 28.6 Å². The minimum Gasteiger partial charge on any atom is -0.315 e. The summed E-state index contributed by atoms with van der Waals surface area (Å²) in [6, 6.07) is 9.85. The van der Waals surface area contributed by atoms with E-state index in [1.165, 1.54) is 22.5 Å². The zero-order chi connectivity index (χ0) is 20.5. The summed E-state index contributed by atoms with van der Waals surface area (Å²) >= 11 is 1.54. The molecule has 1 saturated heterocycles. The second kappa shape index (κ2) is 7.70. The van der Waals surface area contributed by atoms with Gasteiger partial charge in [0.15, 0.2) is 16.3 Å². The quantitative estimate of drug-likeness (QED) is 0.624. The first-order valence-electron chi connectivity index (χ1n) is 9.09. The molecule has 1 aromatic carbocycles. The third-order valence-corrected chi connectivity index (χ3v) is 5.83. The second-order valence-electron chi connectivity index (χ2n) is 6.73. The van der Waals surface area contributed by atoms with E-state index in [9.17, 15) is 14.4 Å². The summed E-state index contributed by atoms with van der Waals surface area (Å²) in [7, 11) is 2.96. The van der Waals surface area contributed by atoms with Gasteiger partial charge in [0, 0.05) is 26.4 Å². The Morgan fingerprint density at radius 1 is 1.17 bits per heavy atom. The Bertz CT molecular complexity index is 1220. The molecule has 1 aliphatic heterocycles. The van der Waals surface area contributed by atoms with Crippen molar-refractivity contribution in [2.75, 3.05) is 12.3 Å². The van der Waals surface area contributed by atoms with Crippen molar-refractivity contribution in [2.45, 2.75) is 13.1 Å². The highest BCUT2D eigenvalue weighted by Crippen LogP contribution is 2.20. The first-order chi connectivity index (χ1) is 14.0. The summed E-state index contributed by atoms with van der Waals surface area (Å²) in [5.41, 5.74) is 0.648. The SMILES string of the molecule is Cn1c(=O)c2c(ncn2CC(=O)N2CCSC2=NCc2ccccc2)n(C)c1=O. The number of benzene rings is 1.